The van der Waals surface area contributed by atoms with Gasteiger partial charge in [-0.25, -0.2) is 4.79 Å². The van der Waals surface area contributed by atoms with Gasteiger partial charge in [-0.2, -0.15) is 0 Å². The highest BCUT2D eigenvalue weighted by atomic mass is 16.4. The van der Waals surface area contributed by atoms with E-state index in [0.29, 0.717) is 38.8 Å². The van der Waals surface area contributed by atoms with Crippen LogP contribution in [0.2, 0.25) is 0 Å². The van der Waals surface area contributed by atoms with Crippen LogP contribution in [0.3, 0.4) is 0 Å². The predicted molar refractivity (Wildman–Crippen MR) is 119 cm³/mol. The molecule has 12 heteroatoms. The van der Waals surface area contributed by atoms with Gasteiger partial charge in [0.2, 0.25) is 17.7 Å². The van der Waals surface area contributed by atoms with Crippen molar-refractivity contribution < 1.29 is 34.2 Å². The molecule has 0 radical (unpaired) electrons. The molecule has 1 aliphatic heterocycles. The van der Waals surface area contributed by atoms with E-state index in [1.54, 1.807) is 13.8 Å². The number of amides is 3. The molecule has 3 amide bonds. The van der Waals surface area contributed by atoms with Crippen LogP contribution in [0.1, 0.15) is 58.8 Å². The number of carboxylic acids is 2. The highest BCUT2D eigenvalue weighted by molar-refractivity contribution is 5.94. The molecule has 0 aromatic carbocycles. The first-order chi connectivity index (χ1) is 15.5. The summed E-state index contributed by atoms with van der Waals surface area (Å²) in [7, 11) is 0. The largest absolute Gasteiger partial charge is 0.481 e. The fraction of sp³-hybridized carbons (Fsp3) is 0.762. The van der Waals surface area contributed by atoms with Crippen LogP contribution in [0.4, 0.5) is 0 Å². The van der Waals surface area contributed by atoms with Crippen molar-refractivity contribution in [3.63, 3.8) is 0 Å². The lowest BCUT2D eigenvalue weighted by Gasteiger charge is -2.29. The zero-order chi connectivity index (χ0) is 25.1. The maximum Gasteiger partial charge on any atom is 0.326 e. The number of hydrogen-bond donors (Lipinski definition) is 6. The van der Waals surface area contributed by atoms with Crippen molar-refractivity contribution in [2.75, 3.05) is 13.1 Å². The summed E-state index contributed by atoms with van der Waals surface area (Å²) in [5.41, 5.74) is 11.5. The average Bonchev–Trinajstić information content (AvgIpc) is 3.23. The number of hydrogen-bond acceptors (Lipinski definition) is 7. The molecule has 4 atom stereocenters. The van der Waals surface area contributed by atoms with Crippen molar-refractivity contribution >= 4 is 29.7 Å². The van der Waals surface area contributed by atoms with Crippen LogP contribution in [0, 0.1) is 5.92 Å². The summed E-state index contributed by atoms with van der Waals surface area (Å²) in [6.07, 6.45) is 2.19. The molecule has 1 saturated heterocycles. The molecule has 4 unspecified atom stereocenters. The van der Waals surface area contributed by atoms with Crippen LogP contribution in [0.5, 0.6) is 0 Å². The van der Waals surface area contributed by atoms with Crippen molar-refractivity contribution in [3.05, 3.63) is 0 Å². The molecule has 8 N–H and O–H groups in total. The van der Waals surface area contributed by atoms with Gasteiger partial charge >= 0.3 is 11.9 Å². The number of carboxylic acid groups (broad SMARTS) is 2. The van der Waals surface area contributed by atoms with E-state index in [0.717, 1.165) is 6.42 Å². The monoisotopic (exact) mass is 471 g/mol. The first-order valence-electron chi connectivity index (χ1n) is 11.3. The maximum absolute atomic E-state index is 13.0. The third-order valence-corrected chi connectivity index (χ3v) is 5.64. The summed E-state index contributed by atoms with van der Waals surface area (Å²) in [5, 5.41) is 23.2. The topological polar surface area (TPSA) is 205 Å². The number of unbranched alkanes of at least 4 members (excludes halogenated alkanes) is 1. The lowest BCUT2D eigenvalue weighted by molar-refractivity contribution is -0.144. The van der Waals surface area contributed by atoms with Crippen molar-refractivity contribution in [2.45, 2.75) is 83.0 Å². The van der Waals surface area contributed by atoms with Crippen molar-refractivity contribution in [1.82, 2.24) is 15.5 Å². The minimum absolute atomic E-state index is 0.226. The Morgan fingerprint density at radius 1 is 1.06 bits per heavy atom. The first kappa shape index (κ1) is 28.3. The Balaban J connectivity index is 2.89. The van der Waals surface area contributed by atoms with Gasteiger partial charge in [-0.3, -0.25) is 19.2 Å². The lowest BCUT2D eigenvalue weighted by Crippen LogP contribution is -2.57. The summed E-state index contributed by atoms with van der Waals surface area (Å²) in [6.45, 7) is 4.07. The Kier molecular flexibility index (Phi) is 11.8. The highest BCUT2D eigenvalue weighted by Crippen LogP contribution is 2.20. The molecule has 1 rings (SSSR count). The number of carbonyl (C=O) groups is 5. The van der Waals surface area contributed by atoms with Gasteiger partial charge < -0.3 is 37.2 Å². The number of nitrogens with one attached hydrogen (secondary N) is 2. The molecule has 1 fully saturated rings. The summed E-state index contributed by atoms with van der Waals surface area (Å²) in [4.78, 5) is 62.2. The Morgan fingerprint density at radius 2 is 1.73 bits per heavy atom. The van der Waals surface area contributed by atoms with Gasteiger partial charge in [-0.15, -0.1) is 0 Å². The van der Waals surface area contributed by atoms with Crippen molar-refractivity contribution in [2.24, 2.45) is 17.4 Å². The van der Waals surface area contributed by atoms with E-state index in [1.165, 1.54) is 4.90 Å². The molecule has 12 nitrogen and oxygen atoms in total. The van der Waals surface area contributed by atoms with Crippen LogP contribution in [-0.2, 0) is 24.0 Å². The van der Waals surface area contributed by atoms with E-state index in [4.69, 9.17) is 16.6 Å². The Bertz CT molecular complexity index is 715. The molecule has 0 aromatic heterocycles. The van der Waals surface area contributed by atoms with E-state index in [9.17, 15) is 29.1 Å². The second-order valence-corrected chi connectivity index (χ2v) is 8.64. The summed E-state index contributed by atoms with van der Waals surface area (Å²) >= 11 is 0. The highest BCUT2D eigenvalue weighted by Gasteiger charge is 2.38. The van der Waals surface area contributed by atoms with E-state index in [-0.39, 0.29) is 12.3 Å². The number of aliphatic carboxylic acids is 2. The standard InChI is InChI=1S/C21H37N5O7/c1-12(2)17(21(32)33)25-18(29)14(8-9-16(27)28)24-19(30)15-7-5-11-26(15)20(31)13(23)6-3-4-10-22/h12-15,17H,3-11,22-23H2,1-2H3,(H,24,30)(H,25,29)(H,27,28)(H,32,33). The molecular weight excluding hydrogens is 434 g/mol. The van der Waals surface area contributed by atoms with Crippen LogP contribution in [-0.4, -0.2) is 82.0 Å². The van der Waals surface area contributed by atoms with Crippen LogP contribution < -0.4 is 22.1 Å². The minimum Gasteiger partial charge on any atom is -0.481 e. The second kappa shape index (κ2) is 13.7. The summed E-state index contributed by atoms with van der Waals surface area (Å²) in [5.74, 6) is -4.58. The van der Waals surface area contributed by atoms with Gasteiger partial charge in [0.1, 0.15) is 18.1 Å². The van der Waals surface area contributed by atoms with E-state index >= 15 is 0 Å². The molecule has 1 heterocycles. The minimum atomic E-state index is -1.26. The van der Waals surface area contributed by atoms with Crippen LogP contribution >= 0.6 is 0 Å². The zero-order valence-corrected chi connectivity index (χ0v) is 19.3. The molecule has 0 spiro atoms. The maximum atomic E-state index is 13.0. The number of likely N-dealkylation sites (tertiary alicyclic amines) is 1. The first-order valence-corrected chi connectivity index (χ1v) is 11.3. The van der Waals surface area contributed by atoms with E-state index in [1.807, 2.05) is 0 Å². The molecule has 0 saturated carbocycles. The van der Waals surface area contributed by atoms with Crippen molar-refractivity contribution in [3.8, 4) is 0 Å². The number of nitrogens with zero attached hydrogens (tertiary/aromatic N) is 1. The molecular formula is C21H37N5O7. The van der Waals surface area contributed by atoms with Crippen LogP contribution in [0.25, 0.3) is 0 Å². The second-order valence-electron chi connectivity index (χ2n) is 8.64. The Morgan fingerprint density at radius 3 is 2.27 bits per heavy atom. The SMILES string of the molecule is CC(C)C(NC(=O)C(CCC(=O)O)NC(=O)C1CCCN1C(=O)C(N)CCCCN)C(=O)O. The van der Waals surface area contributed by atoms with E-state index in [2.05, 4.69) is 10.6 Å². The quantitative estimate of drug-likeness (QED) is 0.172. The number of carbonyl (C=O) groups excluding carboxylic acids is 3. The summed E-state index contributed by atoms with van der Waals surface area (Å²) in [6, 6.07) is -4.06. The smallest absolute Gasteiger partial charge is 0.326 e. The summed E-state index contributed by atoms with van der Waals surface area (Å²) < 4.78 is 0. The fourth-order valence-corrected chi connectivity index (χ4v) is 3.72. The molecule has 0 aliphatic carbocycles. The van der Waals surface area contributed by atoms with Gasteiger partial charge in [0.05, 0.1) is 6.04 Å². The lowest BCUT2D eigenvalue weighted by atomic mass is 10.0. The molecule has 0 bridgehead atoms. The van der Waals surface area contributed by atoms with Gasteiger partial charge in [-0.1, -0.05) is 20.3 Å². The van der Waals surface area contributed by atoms with Gasteiger partial charge in [0.15, 0.2) is 0 Å². The van der Waals surface area contributed by atoms with Crippen molar-refractivity contribution in [1.29, 1.82) is 0 Å². The Labute approximate surface area is 193 Å². The Hall–Kier alpha value is -2.73. The molecule has 0 aromatic rings. The number of rotatable bonds is 14. The van der Waals surface area contributed by atoms with Gasteiger partial charge in [0, 0.05) is 13.0 Å². The number of nitrogens with two attached hydrogens (primary N) is 2. The zero-order valence-electron chi connectivity index (χ0n) is 19.3. The third kappa shape index (κ3) is 8.97. The third-order valence-electron chi connectivity index (χ3n) is 5.64. The van der Waals surface area contributed by atoms with Gasteiger partial charge in [0.25, 0.3) is 0 Å². The molecule has 188 valence electrons. The van der Waals surface area contributed by atoms with E-state index < -0.39 is 60.3 Å². The molecule has 1 aliphatic rings. The van der Waals surface area contributed by atoms with Crippen LogP contribution in [0.15, 0.2) is 0 Å². The predicted octanol–water partition coefficient (Wildman–Crippen LogP) is -0.991. The normalized spacial score (nSPS) is 18.5. The molecule has 33 heavy (non-hydrogen) atoms. The fourth-order valence-electron chi connectivity index (χ4n) is 3.72. The average molecular weight is 472 g/mol. The van der Waals surface area contributed by atoms with Gasteiger partial charge in [-0.05, 0) is 44.6 Å².